The van der Waals surface area contributed by atoms with Crippen LogP contribution in [0.1, 0.15) is 62.1 Å². The number of nitrogens with zero attached hydrogens (tertiary/aromatic N) is 1. The highest BCUT2D eigenvalue weighted by atomic mass is 32.2. The molecule has 3 aromatic rings. The Morgan fingerprint density at radius 2 is 1.91 bits per heavy atom. The van der Waals surface area contributed by atoms with Gasteiger partial charge in [-0.1, -0.05) is 12.1 Å². The van der Waals surface area contributed by atoms with Crippen LogP contribution in [0.25, 0.3) is 10.8 Å². The summed E-state index contributed by atoms with van der Waals surface area (Å²) >= 11 is 0. The molecule has 0 fully saturated rings. The highest BCUT2D eigenvalue weighted by molar-refractivity contribution is 7.84. The summed E-state index contributed by atoms with van der Waals surface area (Å²) in [6, 6.07) is 6.76. The minimum Gasteiger partial charge on any atom is -0.493 e. The molecule has 2 atom stereocenters. The molecule has 1 N–H and O–H groups in total. The van der Waals surface area contributed by atoms with Gasteiger partial charge in [-0.2, -0.15) is 0 Å². The van der Waals surface area contributed by atoms with Crippen molar-refractivity contribution in [3.63, 3.8) is 0 Å². The van der Waals surface area contributed by atoms with E-state index in [1.807, 2.05) is 0 Å². The monoisotopic (exact) mass is 490 g/mol. The molecule has 2 unspecified atom stereocenters. The number of rotatable bonds is 8. The normalized spacial score (nSPS) is 13.5. The van der Waals surface area contributed by atoms with Gasteiger partial charge in [0, 0.05) is 28.8 Å². The van der Waals surface area contributed by atoms with Gasteiger partial charge in [-0.3, -0.25) is 4.79 Å². The zero-order valence-corrected chi connectivity index (χ0v) is 20.8. The van der Waals surface area contributed by atoms with Crippen LogP contribution in [0.5, 0.6) is 11.6 Å². The summed E-state index contributed by atoms with van der Waals surface area (Å²) in [7, 11) is -0.255. The molecule has 0 aliphatic heterocycles. The van der Waals surface area contributed by atoms with E-state index in [-0.39, 0.29) is 16.9 Å². The molecule has 0 aliphatic carbocycles. The lowest BCUT2D eigenvalue weighted by Crippen LogP contribution is -2.35. The minimum atomic E-state index is -1.49. The fourth-order valence-electron chi connectivity index (χ4n) is 3.52. The summed E-state index contributed by atoms with van der Waals surface area (Å²) in [5.41, 5.74) is -0.507. The van der Waals surface area contributed by atoms with E-state index in [1.54, 1.807) is 52.8 Å². The number of ketones is 1. The summed E-state index contributed by atoms with van der Waals surface area (Å²) in [5.74, 6) is -2.95. The maximum atomic E-state index is 15.5. The molecule has 34 heavy (non-hydrogen) atoms. The number of nitrogens with one attached hydrogen (secondary N) is 1. The van der Waals surface area contributed by atoms with Crippen LogP contribution in [0.2, 0.25) is 0 Å². The summed E-state index contributed by atoms with van der Waals surface area (Å²) in [6.07, 6.45) is 1.48. The molecular weight excluding hydrogens is 462 g/mol. The number of pyridine rings is 1. The van der Waals surface area contributed by atoms with E-state index in [1.165, 1.54) is 19.4 Å². The van der Waals surface area contributed by atoms with Crippen LogP contribution < -0.4 is 14.2 Å². The highest BCUT2D eigenvalue weighted by Gasteiger charge is 2.30. The number of hydrogen-bond acceptors (Lipinski definition) is 5. The van der Waals surface area contributed by atoms with Crippen molar-refractivity contribution in [1.29, 1.82) is 0 Å². The number of fused-ring (bicyclic) bond motifs is 1. The fourth-order valence-corrected chi connectivity index (χ4v) is 4.32. The van der Waals surface area contributed by atoms with Crippen molar-refractivity contribution < 1.29 is 27.3 Å². The predicted molar refractivity (Wildman–Crippen MR) is 129 cm³/mol. The number of hydrogen-bond donors (Lipinski definition) is 1. The van der Waals surface area contributed by atoms with Crippen LogP contribution in [-0.2, 0) is 11.0 Å². The Morgan fingerprint density at radius 3 is 2.53 bits per heavy atom. The van der Waals surface area contributed by atoms with Crippen LogP contribution in [0, 0.1) is 11.6 Å². The predicted octanol–water partition coefficient (Wildman–Crippen LogP) is 5.26. The van der Waals surface area contributed by atoms with Gasteiger partial charge in [-0.25, -0.2) is 22.7 Å². The Morgan fingerprint density at radius 1 is 1.21 bits per heavy atom. The maximum absolute atomic E-state index is 15.5. The molecule has 0 bridgehead atoms. The van der Waals surface area contributed by atoms with E-state index in [2.05, 4.69) is 9.71 Å². The van der Waals surface area contributed by atoms with Crippen LogP contribution in [0.15, 0.2) is 36.5 Å². The van der Waals surface area contributed by atoms with Gasteiger partial charge in [-0.05, 0) is 58.2 Å². The van der Waals surface area contributed by atoms with Crippen molar-refractivity contribution in [2.75, 3.05) is 13.7 Å². The first kappa shape index (κ1) is 25.7. The Hall–Kier alpha value is -2.91. The second-order valence-corrected chi connectivity index (χ2v) is 10.7. The Bertz CT molecular complexity index is 1260. The van der Waals surface area contributed by atoms with Crippen LogP contribution in [0.4, 0.5) is 8.78 Å². The lowest BCUT2D eigenvalue weighted by molar-refractivity contribution is 0.103. The van der Waals surface area contributed by atoms with Crippen molar-refractivity contribution in [2.24, 2.45) is 0 Å². The van der Waals surface area contributed by atoms with Gasteiger partial charge in [0.15, 0.2) is 17.3 Å². The van der Waals surface area contributed by atoms with Gasteiger partial charge >= 0.3 is 0 Å². The number of benzene rings is 2. The van der Waals surface area contributed by atoms with E-state index in [0.29, 0.717) is 23.3 Å². The van der Waals surface area contributed by atoms with Gasteiger partial charge in [0.25, 0.3) is 0 Å². The second-order valence-electron chi connectivity index (χ2n) is 8.67. The topological polar surface area (TPSA) is 77.5 Å². The Labute approximate surface area is 200 Å². The molecule has 0 spiro atoms. The molecule has 2 aromatic carbocycles. The summed E-state index contributed by atoms with van der Waals surface area (Å²) in [6.45, 7) is 9.13. The molecule has 1 heterocycles. The molecule has 0 amide bonds. The van der Waals surface area contributed by atoms with E-state index >= 15 is 8.78 Å². The molecular formula is C25H28F2N2O4S. The third-order valence-electron chi connectivity index (χ3n) is 5.23. The van der Waals surface area contributed by atoms with Crippen LogP contribution in [0.3, 0.4) is 0 Å². The van der Waals surface area contributed by atoms with E-state index < -0.39 is 44.8 Å². The van der Waals surface area contributed by atoms with Gasteiger partial charge in [-0.15, -0.1) is 0 Å². The molecule has 3 rings (SSSR count). The van der Waals surface area contributed by atoms with Crippen molar-refractivity contribution >= 4 is 27.5 Å². The molecule has 0 saturated carbocycles. The summed E-state index contributed by atoms with van der Waals surface area (Å²) < 4.78 is 56.2. The number of ether oxygens (including phenoxy) is 2. The number of methoxy groups -OCH3 is 1. The standard InChI is InChI=1S/C25H28F2N2O4S/c1-7-33-24-17-10-8-9-16(15(17)11-12-28-24)22(30)20-19(26)13-18(23(32-6)21(20)27)14(2)29-34(31)25(3,4)5/h8-14,29H,7H2,1-6H3. The molecule has 9 heteroatoms. The largest absolute Gasteiger partial charge is 0.493 e. The highest BCUT2D eigenvalue weighted by Crippen LogP contribution is 2.35. The lowest BCUT2D eigenvalue weighted by Gasteiger charge is -2.24. The molecule has 1 aromatic heterocycles. The van der Waals surface area contributed by atoms with E-state index in [4.69, 9.17) is 9.47 Å². The first-order chi connectivity index (χ1) is 16.0. The molecule has 0 aliphatic rings. The first-order valence-corrected chi connectivity index (χ1v) is 11.9. The SMILES string of the molecule is CCOc1nccc2c(C(=O)c3c(F)cc(C(C)NS(=O)C(C)(C)C)c(OC)c3F)cccc12. The number of carbonyl (C=O) groups excluding carboxylic acids is 1. The summed E-state index contributed by atoms with van der Waals surface area (Å²) in [4.78, 5) is 17.5. The van der Waals surface area contributed by atoms with E-state index in [9.17, 15) is 9.00 Å². The minimum absolute atomic E-state index is 0.105. The number of aromatic nitrogens is 1. The van der Waals surface area contributed by atoms with Crippen molar-refractivity contribution in [2.45, 2.75) is 45.4 Å². The molecule has 0 saturated heterocycles. The molecule has 6 nitrogen and oxygen atoms in total. The van der Waals surface area contributed by atoms with E-state index in [0.717, 1.165) is 6.07 Å². The molecule has 182 valence electrons. The van der Waals surface area contributed by atoms with Gasteiger partial charge < -0.3 is 9.47 Å². The first-order valence-electron chi connectivity index (χ1n) is 10.8. The van der Waals surface area contributed by atoms with Crippen molar-refractivity contribution in [3.05, 3.63) is 64.9 Å². The van der Waals surface area contributed by atoms with Gasteiger partial charge in [0.2, 0.25) is 5.88 Å². The second kappa shape index (κ2) is 10.1. The Kier molecular flexibility index (Phi) is 7.67. The quantitative estimate of drug-likeness (QED) is 0.436. The summed E-state index contributed by atoms with van der Waals surface area (Å²) in [5, 5.41) is 1.02. The molecule has 0 radical (unpaired) electrons. The number of halogens is 2. The van der Waals surface area contributed by atoms with Gasteiger partial charge in [0.1, 0.15) is 5.82 Å². The average molecular weight is 491 g/mol. The van der Waals surface area contributed by atoms with Crippen LogP contribution >= 0.6 is 0 Å². The number of carbonyl (C=O) groups is 1. The van der Waals surface area contributed by atoms with Crippen LogP contribution in [-0.4, -0.2) is 33.4 Å². The zero-order valence-electron chi connectivity index (χ0n) is 20.0. The Balaban J connectivity index is 2.11. The third kappa shape index (κ3) is 4.95. The lowest BCUT2D eigenvalue weighted by atomic mass is 9.95. The smallest absolute Gasteiger partial charge is 0.221 e. The maximum Gasteiger partial charge on any atom is 0.221 e. The van der Waals surface area contributed by atoms with Gasteiger partial charge in [0.05, 0.1) is 35.0 Å². The zero-order chi connectivity index (χ0) is 25.2. The van der Waals surface area contributed by atoms with Crippen molar-refractivity contribution in [3.8, 4) is 11.6 Å². The average Bonchev–Trinajstić information content (AvgIpc) is 2.78. The third-order valence-corrected chi connectivity index (χ3v) is 6.91. The fraction of sp³-hybridized carbons (Fsp3) is 0.360. The van der Waals surface area contributed by atoms with Crippen molar-refractivity contribution in [1.82, 2.24) is 9.71 Å².